The Bertz CT molecular complexity index is 1240. The van der Waals surface area contributed by atoms with Gasteiger partial charge in [-0.05, 0) is 69.7 Å². The molecule has 146 valence electrons. The molecule has 0 saturated heterocycles. The van der Waals surface area contributed by atoms with E-state index in [4.69, 9.17) is 11.6 Å². The summed E-state index contributed by atoms with van der Waals surface area (Å²) < 4.78 is 1.79. The molecule has 0 radical (unpaired) electrons. The summed E-state index contributed by atoms with van der Waals surface area (Å²) in [5.74, 6) is -0.197. The Morgan fingerprint density at radius 1 is 1.00 bits per heavy atom. The average molecular weight is 405 g/mol. The first-order valence-electron chi connectivity index (χ1n) is 9.35. The van der Waals surface area contributed by atoms with Gasteiger partial charge in [-0.2, -0.15) is 5.10 Å². The van der Waals surface area contributed by atoms with Crippen molar-refractivity contribution in [2.45, 2.75) is 27.7 Å². The van der Waals surface area contributed by atoms with E-state index in [2.05, 4.69) is 15.4 Å². The first-order valence-corrected chi connectivity index (χ1v) is 9.73. The SMILES string of the molecule is Cc1ccc(-n2nc(C)c3c(C(=O)Nc4ccc(Cl)cc4C)cc(C)nc32)cc1. The first-order chi connectivity index (χ1) is 13.8. The van der Waals surface area contributed by atoms with E-state index in [1.54, 1.807) is 16.8 Å². The normalized spacial score (nSPS) is 11.1. The molecule has 5 nitrogen and oxygen atoms in total. The summed E-state index contributed by atoms with van der Waals surface area (Å²) in [6, 6.07) is 15.3. The zero-order valence-electron chi connectivity index (χ0n) is 16.7. The van der Waals surface area contributed by atoms with Crippen molar-refractivity contribution in [2.24, 2.45) is 0 Å². The molecule has 0 fully saturated rings. The van der Waals surface area contributed by atoms with Gasteiger partial charge in [0.15, 0.2) is 5.65 Å². The highest BCUT2D eigenvalue weighted by Gasteiger charge is 2.20. The summed E-state index contributed by atoms with van der Waals surface area (Å²) >= 11 is 6.03. The molecule has 4 rings (SSSR count). The fourth-order valence-electron chi connectivity index (χ4n) is 3.42. The van der Waals surface area contributed by atoms with Crippen molar-refractivity contribution in [1.29, 1.82) is 0 Å². The molecule has 29 heavy (non-hydrogen) atoms. The second-order valence-corrected chi connectivity index (χ2v) is 7.69. The van der Waals surface area contributed by atoms with Gasteiger partial charge in [0.1, 0.15) is 0 Å². The third-order valence-corrected chi connectivity index (χ3v) is 5.14. The molecule has 0 aliphatic heterocycles. The molecular weight excluding hydrogens is 384 g/mol. The maximum atomic E-state index is 13.2. The lowest BCUT2D eigenvalue weighted by atomic mass is 10.1. The minimum Gasteiger partial charge on any atom is -0.322 e. The van der Waals surface area contributed by atoms with E-state index in [9.17, 15) is 4.79 Å². The quantitative estimate of drug-likeness (QED) is 0.486. The van der Waals surface area contributed by atoms with E-state index >= 15 is 0 Å². The van der Waals surface area contributed by atoms with Crippen LogP contribution in [0.5, 0.6) is 0 Å². The highest BCUT2D eigenvalue weighted by Crippen LogP contribution is 2.27. The number of fused-ring (bicyclic) bond motifs is 1. The van der Waals surface area contributed by atoms with Gasteiger partial charge in [0.25, 0.3) is 5.91 Å². The number of hydrogen-bond acceptors (Lipinski definition) is 3. The first kappa shape index (κ1) is 19.2. The number of anilines is 1. The monoisotopic (exact) mass is 404 g/mol. The van der Waals surface area contributed by atoms with E-state index in [0.717, 1.165) is 33.7 Å². The van der Waals surface area contributed by atoms with Gasteiger partial charge in [-0.3, -0.25) is 4.79 Å². The summed E-state index contributed by atoms with van der Waals surface area (Å²) in [6.07, 6.45) is 0. The molecule has 1 N–H and O–H groups in total. The number of carbonyl (C=O) groups is 1. The van der Waals surface area contributed by atoms with Crippen LogP contribution in [0.4, 0.5) is 5.69 Å². The summed E-state index contributed by atoms with van der Waals surface area (Å²) in [5.41, 5.74) is 6.44. The predicted octanol–water partition coefficient (Wildman–Crippen LogP) is 5.56. The van der Waals surface area contributed by atoms with Crippen LogP contribution in [0.25, 0.3) is 16.7 Å². The number of amides is 1. The highest BCUT2D eigenvalue weighted by molar-refractivity contribution is 6.30. The number of nitrogens with one attached hydrogen (secondary N) is 1. The number of carbonyl (C=O) groups excluding carboxylic acids is 1. The summed E-state index contributed by atoms with van der Waals surface area (Å²) in [4.78, 5) is 17.8. The Morgan fingerprint density at radius 3 is 2.41 bits per heavy atom. The highest BCUT2D eigenvalue weighted by atomic mass is 35.5. The van der Waals surface area contributed by atoms with Gasteiger partial charge >= 0.3 is 0 Å². The van der Waals surface area contributed by atoms with Crippen molar-refractivity contribution in [1.82, 2.24) is 14.8 Å². The molecule has 0 spiro atoms. The standard InChI is InChI=1S/C23H21ClN4O/c1-13-5-8-18(9-6-13)28-22-21(16(4)27-28)19(12-15(3)25-22)23(29)26-20-10-7-17(24)11-14(20)2/h5-12H,1-4H3,(H,26,29). The Balaban J connectivity index is 1.82. The zero-order valence-corrected chi connectivity index (χ0v) is 17.5. The molecule has 4 aromatic rings. The molecule has 1 amide bonds. The Hall–Kier alpha value is -3.18. The number of hydrogen-bond donors (Lipinski definition) is 1. The van der Waals surface area contributed by atoms with Gasteiger partial charge in [0.2, 0.25) is 0 Å². The van der Waals surface area contributed by atoms with E-state index in [0.29, 0.717) is 16.2 Å². The Morgan fingerprint density at radius 2 is 1.72 bits per heavy atom. The van der Waals surface area contributed by atoms with Crippen LogP contribution in [0.15, 0.2) is 48.5 Å². The minimum absolute atomic E-state index is 0.197. The molecule has 2 aromatic heterocycles. The largest absolute Gasteiger partial charge is 0.322 e. The lowest BCUT2D eigenvalue weighted by Gasteiger charge is -2.11. The molecule has 0 aliphatic carbocycles. The summed E-state index contributed by atoms with van der Waals surface area (Å²) in [6.45, 7) is 7.73. The number of aromatic nitrogens is 3. The molecule has 0 bridgehead atoms. The Kier molecular flexibility index (Phi) is 4.84. The van der Waals surface area contributed by atoms with Crippen LogP contribution in [-0.2, 0) is 0 Å². The number of aryl methyl sites for hydroxylation is 4. The van der Waals surface area contributed by atoms with Crippen LogP contribution < -0.4 is 5.32 Å². The van der Waals surface area contributed by atoms with E-state index in [1.165, 1.54) is 5.56 Å². The van der Waals surface area contributed by atoms with Gasteiger partial charge < -0.3 is 5.32 Å². The lowest BCUT2D eigenvalue weighted by molar-refractivity contribution is 0.102. The number of nitrogens with zero attached hydrogens (tertiary/aromatic N) is 3. The molecule has 2 aromatic carbocycles. The molecule has 0 atom stereocenters. The van der Waals surface area contributed by atoms with Crippen molar-refractivity contribution in [3.63, 3.8) is 0 Å². The Labute approximate surface area is 174 Å². The average Bonchev–Trinajstić information content (AvgIpc) is 3.00. The van der Waals surface area contributed by atoms with Crippen LogP contribution in [0.3, 0.4) is 0 Å². The lowest BCUT2D eigenvalue weighted by Crippen LogP contribution is -2.14. The topological polar surface area (TPSA) is 59.8 Å². The third-order valence-electron chi connectivity index (χ3n) is 4.90. The van der Waals surface area contributed by atoms with Gasteiger partial charge in [0, 0.05) is 16.4 Å². The van der Waals surface area contributed by atoms with Crippen LogP contribution in [0.1, 0.15) is 32.9 Å². The fraction of sp³-hybridized carbons (Fsp3) is 0.174. The maximum absolute atomic E-state index is 13.2. The number of benzene rings is 2. The van der Waals surface area contributed by atoms with Crippen LogP contribution in [0, 0.1) is 27.7 Å². The maximum Gasteiger partial charge on any atom is 0.256 e. The van der Waals surface area contributed by atoms with Crippen molar-refractivity contribution >= 4 is 34.2 Å². The second kappa shape index (κ2) is 7.33. The molecule has 0 unspecified atom stereocenters. The molecular formula is C23H21ClN4O. The summed E-state index contributed by atoms with van der Waals surface area (Å²) in [5, 5.41) is 9.05. The molecule has 0 aliphatic rings. The van der Waals surface area contributed by atoms with Crippen LogP contribution in [-0.4, -0.2) is 20.7 Å². The van der Waals surface area contributed by atoms with Gasteiger partial charge in [0.05, 0.1) is 22.3 Å². The third kappa shape index (κ3) is 3.61. The fourth-order valence-corrected chi connectivity index (χ4v) is 3.64. The van der Waals surface area contributed by atoms with Gasteiger partial charge in [-0.25, -0.2) is 9.67 Å². The smallest absolute Gasteiger partial charge is 0.256 e. The van der Waals surface area contributed by atoms with Crippen molar-refractivity contribution in [2.75, 3.05) is 5.32 Å². The van der Waals surface area contributed by atoms with E-state index < -0.39 is 0 Å². The van der Waals surface area contributed by atoms with Crippen molar-refractivity contribution < 1.29 is 4.79 Å². The van der Waals surface area contributed by atoms with Crippen molar-refractivity contribution in [3.05, 3.63) is 81.6 Å². The summed E-state index contributed by atoms with van der Waals surface area (Å²) in [7, 11) is 0. The van der Waals surface area contributed by atoms with Crippen LogP contribution in [0.2, 0.25) is 5.02 Å². The number of pyridine rings is 1. The van der Waals surface area contributed by atoms with Crippen LogP contribution >= 0.6 is 11.6 Å². The zero-order chi connectivity index (χ0) is 20.7. The van der Waals surface area contributed by atoms with E-state index in [-0.39, 0.29) is 5.91 Å². The van der Waals surface area contributed by atoms with Gasteiger partial charge in [-0.1, -0.05) is 29.3 Å². The number of rotatable bonds is 3. The van der Waals surface area contributed by atoms with Crippen molar-refractivity contribution in [3.8, 4) is 5.69 Å². The predicted molar refractivity (Wildman–Crippen MR) is 117 cm³/mol. The second-order valence-electron chi connectivity index (χ2n) is 7.26. The van der Waals surface area contributed by atoms with E-state index in [1.807, 2.05) is 64.1 Å². The number of halogens is 1. The minimum atomic E-state index is -0.197. The molecule has 6 heteroatoms. The molecule has 2 heterocycles. The molecule has 0 saturated carbocycles. The van der Waals surface area contributed by atoms with Gasteiger partial charge in [-0.15, -0.1) is 0 Å².